The molecule has 3 rings (SSSR count). The number of rotatable bonds is 5. The molecule has 6 heteroatoms. The van der Waals surface area contributed by atoms with Gasteiger partial charge >= 0.3 is 0 Å². The van der Waals surface area contributed by atoms with E-state index in [0.29, 0.717) is 11.1 Å². The van der Waals surface area contributed by atoms with Gasteiger partial charge in [0, 0.05) is 43.9 Å². The second kappa shape index (κ2) is 5.17. The number of nitrogens with one attached hydrogen (secondary N) is 1. The average Bonchev–Trinajstić information content (AvgIpc) is 3.14. The highest BCUT2D eigenvalue weighted by molar-refractivity contribution is 6.29. The lowest BCUT2D eigenvalue weighted by atomic mass is 10.3. The van der Waals surface area contributed by atoms with Gasteiger partial charge in [0.25, 0.3) is 0 Å². The molecule has 1 saturated carbocycles. The third-order valence-electron chi connectivity index (χ3n) is 3.26. The summed E-state index contributed by atoms with van der Waals surface area (Å²) in [6.07, 6.45) is 5.06. The summed E-state index contributed by atoms with van der Waals surface area (Å²) < 4.78 is 1.88. The molecule has 2 aromatic rings. The van der Waals surface area contributed by atoms with E-state index in [1.54, 1.807) is 6.07 Å². The van der Waals surface area contributed by atoms with Gasteiger partial charge in [0.1, 0.15) is 16.8 Å². The highest BCUT2D eigenvalue weighted by Gasteiger charge is 2.27. The van der Waals surface area contributed by atoms with E-state index in [9.17, 15) is 0 Å². The highest BCUT2D eigenvalue weighted by Crippen LogP contribution is 2.38. The molecule has 1 fully saturated rings. The lowest BCUT2D eigenvalue weighted by molar-refractivity contribution is 0.710. The Bertz CT molecular complexity index is 576. The van der Waals surface area contributed by atoms with Gasteiger partial charge in [-0.1, -0.05) is 11.6 Å². The maximum absolute atomic E-state index is 6.02. The van der Waals surface area contributed by atoms with Crippen LogP contribution >= 0.6 is 11.6 Å². The number of hydrogen-bond donors (Lipinski definition) is 1. The SMILES string of the molecule is Cn1nccc1CCNc1cc(Cl)nc(C2CC2)n1. The van der Waals surface area contributed by atoms with Crippen LogP contribution in [0.15, 0.2) is 18.3 Å². The quantitative estimate of drug-likeness (QED) is 0.853. The van der Waals surface area contributed by atoms with Crippen LogP contribution in [0.4, 0.5) is 5.82 Å². The minimum Gasteiger partial charge on any atom is -0.370 e. The molecule has 0 spiro atoms. The first-order valence-electron chi connectivity index (χ1n) is 6.47. The Hall–Kier alpha value is -1.62. The van der Waals surface area contributed by atoms with Crippen LogP contribution in [0, 0.1) is 0 Å². The lowest BCUT2D eigenvalue weighted by Gasteiger charge is -2.07. The van der Waals surface area contributed by atoms with E-state index in [-0.39, 0.29) is 0 Å². The number of aryl methyl sites for hydroxylation is 1. The fraction of sp³-hybridized carbons (Fsp3) is 0.462. The summed E-state index contributed by atoms with van der Waals surface area (Å²) in [6, 6.07) is 3.79. The Morgan fingerprint density at radius 1 is 1.42 bits per heavy atom. The molecule has 5 nitrogen and oxygen atoms in total. The monoisotopic (exact) mass is 277 g/mol. The minimum atomic E-state index is 0.510. The van der Waals surface area contributed by atoms with Gasteiger partial charge in [-0.05, 0) is 18.9 Å². The van der Waals surface area contributed by atoms with E-state index in [1.807, 2.05) is 24.0 Å². The van der Waals surface area contributed by atoms with Crippen molar-refractivity contribution in [1.29, 1.82) is 0 Å². The maximum Gasteiger partial charge on any atom is 0.135 e. The van der Waals surface area contributed by atoms with E-state index >= 15 is 0 Å². The van der Waals surface area contributed by atoms with Gasteiger partial charge in [-0.2, -0.15) is 5.10 Å². The Morgan fingerprint density at radius 2 is 2.26 bits per heavy atom. The fourth-order valence-electron chi connectivity index (χ4n) is 2.02. The summed E-state index contributed by atoms with van der Waals surface area (Å²) in [5, 5.41) is 7.96. The van der Waals surface area contributed by atoms with Crippen molar-refractivity contribution in [3.8, 4) is 0 Å². The number of halogens is 1. The predicted molar refractivity (Wildman–Crippen MR) is 74.4 cm³/mol. The molecule has 2 aromatic heterocycles. The lowest BCUT2D eigenvalue weighted by Crippen LogP contribution is -2.10. The molecule has 0 aliphatic heterocycles. The number of anilines is 1. The minimum absolute atomic E-state index is 0.510. The molecule has 2 heterocycles. The van der Waals surface area contributed by atoms with Crippen molar-refractivity contribution >= 4 is 17.4 Å². The zero-order chi connectivity index (χ0) is 13.2. The molecule has 1 N–H and O–H groups in total. The van der Waals surface area contributed by atoms with Gasteiger partial charge in [-0.25, -0.2) is 9.97 Å². The molecule has 1 aliphatic carbocycles. The Labute approximate surface area is 117 Å². The van der Waals surface area contributed by atoms with Crippen LogP contribution in [-0.2, 0) is 13.5 Å². The molecule has 19 heavy (non-hydrogen) atoms. The average molecular weight is 278 g/mol. The van der Waals surface area contributed by atoms with Crippen molar-refractivity contribution in [2.45, 2.75) is 25.2 Å². The zero-order valence-corrected chi connectivity index (χ0v) is 11.6. The van der Waals surface area contributed by atoms with Gasteiger partial charge in [0.05, 0.1) is 0 Å². The topological polar surface area (TPSA) is 55.6 Å². The first-order valence-corrected chi connectivity index (χ1v) is 6.85. The molecule has 0 amide bonds. The van der Waals surface area contributed by atoms with Gasteiger partial charge in [0.2, 0.25) is 0 Å². The molecule has 100 valence electrons. The summed E-state index contributed by atoms with van der Waals surface area (Å²) in [7, 11) is 1.95. The number of nitrogens with zero attached hydrogens (tertiary/aromatic N) is 4. The standard InChI is InChI=1S/C13H16ClN5/c1-19-10(5-7-16-19)4-6-15-12-8-11(14)17-13(18-12)9-2-3-9/h5,7-9H,2-4,6H2,1H3,(H,15,17,18). The first kappa shape index (κ1) is 12.4. The normalized spacial score (nSPS) is 14.6. The Morgan fingerprint density at radius 3 is 2.95 bits per heavy atom. The summed E-state index contributed by atoms with van der Waals surface area (Å²) in [5.74, 6) is 2.19. The molecule has 0 radical (unpaired) electrons. The number of hydrogen-bond acceptors (Lipinski definition) is 4. The molecule has 0 saturated heterocycles. The summed E-state index contributed by atoms with van der Waals surface area (Å²) >= 11 is 6.02. The van der Waals surface area contributed by atoms with Crippen LogP contribution in [0.2, 0.25) is 5.15 Å². The molecule has 0 bridgehead atoms. The largest absolute Gasteiger partial charge is 0.370 e. The first-order chi connectivity index (χ1) is 9.22. The summed E-state index contributed by atoms with van der Waals surface area (Å²) in [5.41, 5.74) is 1.19. The van der Waals surface area contributed by atoms with Gasteiger partial charge < -0.3 is 5.32 Å². The molecular formula is C13H16ClN5. The second-order valence-corrected chi connectivity index (χ2v) is 5.22. The summed E-state index contributed by atoms with van der Waals surface area (Å²) in [6.45, 7) is 0.803. The number of aromatic nitrogens is 4. The van der Waals surface area contributed by atoms with E-state index < -0.39 is 0 Å². The van der Waals surface area contributed by atoms with Crippen LogP contribution < -0.4 is 5.32 Å². The summed E-state index contributed by atoms with van der Waals surface area (Å²) in [4.78, 5) is 8.78. The smallest absolute Gasteiger partial charge is 0.135 e. The van der Waals surface area contributed by atoms with Crippen molar-refractivity contribution in [2.75, 3.05) is 11.9 Å². The second-order valence-electron chi connectivity index (χ2n) is 4.83. The maximum atomic E-state index is 6.02. The van der Waals surface area contributed by atoms with Crippen molar-refractivity contribution in [3.63, 3.8) is 0 Å². The third-order valence-corrected chi connectivity index (χ3v) is 3.46. The van der Waals surface area contributed by atoms with E-state index in [4.69, 9.17) is 11.6 Å². The van der Waals surface area contributed by atoms with Crippen LogP contribution in [-0.4, -0.2) is 26.3 Å². The molecule has 0 aromatic carbocycles. The van der Waals surface area contributed by atoms with Crippen LogP contribution in [0.25, 0.3) is 0 Å². The molecule has 0 atom stereocenters. The van der Waals surface area contributed by atoms with Gasteiger partial charge in [0.15, 0.2) is 0 Å². The van der Waals surface area contributed by atoms with Gasteiger partial charge in [-0.15, -0.1) is 0 Å². The molecule has 1 aliphatic rings. The third kappa shape index (κ3) is 3.04. The van der Waals surface area contributed by atoms with E-state index in [0.717, 1.165) is 24.6 Å². The van der Waals surface area contributed by atoms with E-state index in [2.05, 4.69) is 20.4 Å². The Kier molecular flexibility index (Phi) is 3.38. The van der Waals surface area contributed by atoms with Crippen molar-refractivity contribution in [3.05, 3.63) is 35.0 Å². The van der Waals surface area contributed by atoms with Crippen molar-refractivity contribution < 1.29 is 0 Å². The fourth-order valence-corrected chi connectivity index (χ4v) is 2.20. The molecular weight excluding hydrogens is 262 g/mol. The van der Waals surface area contributed by atoms with E-state index in [1.165, 1.54) is 18.5 Å². The van der Waals surface area contributed by atoms with Gasteiger partial charge in [-0.3, -0.25) is 4.68 Å². The van der Waals surface area contributed by atoms with Crippen molar-refractivity contribution in [1.82, 2.24) is 19.7 Å². The highest BCUT2D eigenvalue weighted by atomic mass is 35.5. The Balaban J connectivity index is 1.62. The van der Waals surface area contributed by atoms with Crippen LogP contribution in [0.1, 0.15) is 30.3 Å². The zero-order valence-electron chi connectivity index (χ0n) is 10.8. The van der Waals surface area contributed by atoms with Crippen molar-refractivity contribution in [2.24, 2.45) is 7.05 Å². The predicted octanol–water partition coefficient (Wildman–Crippen LogP) is 2.40. The molecule has 0 unspecified atom stereocenters. The van der Waals surface area contributed by atoms with Crippen LogP contribution in [0.3, 0.4) is 0 Å². The van der Waals surface area contributed by atoms with Crippen LogP contribution in [0.5, 0.6) is 0 Å².